The maximum Gasteiger partial charge on any atom is 0.191 e. The highest BCUT2D eigenvalue weighted by atomic mass is 127. The largest absolute Gasteiger partial charge is 0.497 e. The molecule has 1 aliphatic rings. The van der Waals surface area contributed by atoms with E-state index in [-0.39, 0.29) is 24.0 Å². The molecule has 0 aliphatic carbocycles. The maximum absolute atomic E-state index is 5.32. The molecule has 1 fully saturated rings. The molecule has 2 unspecified atom stereocenters. The molecule has 0 spiro atoms. The fourth-order valence-electron chi connectivity index (χ4n) is 3.63. The molecule has 1 aromatic rings. The van der Waals surface area contributed by atoms with Gasteiger partial charge >= 0.3 is 0 Å². The molecule has 7 heteroatoms. The summed E-state index contributed by atoms with van der Waals surface area (Å²) in [5, 5.41) is 6.99. The van der Waals surface area contributed by atoms with E-state index in [1.165, 1.54) is 24.8 Å². The minimum atomic E-state index is 0. The molecule has 29 heavy (non-hydrogen) atoms. The van der Waals surface area contributed by atoms with Crippen LogP contribution in [-0.4, -0.2) is 75.7 Å². The maximum atomic E-state index is 5.32. The Hall–Kier alpha value is -1.06. The van der Waals surface area contributed by atoms with Crippen molar-refractivity contribution < 1.29 is 4.74 Å². The zero-order valence-corrected chi connectivity index (χ0v) is 21.1. The van der Waals surface area contributed by atoms with Gasteiger partial charge in [0, 0.05) is 32.7 Å². The van der Waals surface area contributed by atoms with E-state index in [1.807, 2.05) is 7.05 Å². The zero-order chi connectivity index (χ0) is 20.4. The van der Waals surface area contributed by atoms with Gasteiger partial charge in [-0.05, 0) is 64.0 Å². The highest BCUT2D eigenvalue weighted by molar-refractivity contribution is 14.0. The van der Waals surface area contributed by atoms with Gasteiger partial charge in [-0.1, -0.05) is 19.1 Å². The van der Waals surface area contributed by atoms with Crippen LogP contribution < -0.4 is 15.4 Å². The Bertz CT molecular complexity index is 589. The summed E-state index contributed by atoms with van der Waals surface area (Å²) >= 11 is 0. The molecule has 1 saturated heterocycles. The molecule has 0 amide bonds. The van der Waals surface area contributed by atoms with Crippen LogP contribution in [0.5, 0.6) is 5.75 Å². The molecule has 166 valence electrons. The molecule has 2 N–H and O–H groups in total. The SMILES string of the molecule is CCC(C)N(C)CCNC(=NC)NCC(c1ccc(OC)cc1)N1CCCC1.I. The Morgan fingerprint density at radius 1 is 1.21 bits per heavy atom. The molecular weight excluding hydrogens is 477 g/mol. The lowest BCUT2D eigenvalue weighted by atomic mass is 10.1. The van der Waals surface area contributed by atoms with Gasteiger partial charge in [-0.3, -0.25) is 9.89 Å². The van der Waals surface area contributed by atoms with E-state index < -0.39 is 0 Å². The van der Waals surface area contributed by atoms with Crippen molar-refractivity contribution in [3.8, 4) is 5.75 Å². The van der Waals surface area contributed by atoms with Crippen molar-refractivity contribution in [2.75, 3.05) is 53.9 Å². The van der Waals surface area contributed by atoms with Crippen LogP contribution in [0.4, 0.5) is 0 Å². The number of likely N-dealkylation sites (N-methyl/N-ethyl adjacent to an activating group) is 1. The normalized spacial score (nSPS) is 17.0. The number of hydrogen-bond donors (Lipinski definition) is 2. The lowest BCUT2D eigenvalue weighted by Crippen LogP contribution is -2.45. The van der Waals surface area contributed by atoms with Gasteiger partial charge in [-0.15, -0.1) is 24.0 Å². The summed E-state index contributed by atoms with van der Waals surface area (Å²) in [6, 6.07) is 9.41. The molecule has 1 aliphatic heterocycles. The Labute approximate surface area is 194 Å². The minimum Gasteiger partial charge on any atom is -0.497 e. The van der Waals surface area contributed by atoms with Crippen molar-refractivity contribution in [3.05, 3.63) is 29.8 Å². The van der Waals surface area contributed by atoms with Crippen molar-refractivity contribution >= 4 is 29.9 Å². The summed E-state index contributed by atoms with van der Waals surface area (Å²) in [6.07, 6.45) is 3.73. The van der Waals surface area contributed by atoms with E-state index in [2.05, 4.69) is 70.6 Å². The van der Waals surface area contributed by atoms with Crippen LogP contribution in [0, 0.1) is 0 Å². The van der Waals surface area contributed by atoms with Crippen LogP contribution in [0.2, 0.25) is 0 Å². The summed E-state index contributed by atoms with van der Waals surface area (Å²) in [4.78, 5) is 9.35. The van der Waals surface area contributed by atoms with E-state index in [0.717, 1.165) is 44.4 Å². The molecule has 2 atom stereocenters. The van der Waals surface area contributed by atoms with Gasteiger partial charge < -0.3 is 20.3 Å². The van der Waals surface area contributed by atoms with Crippen LogP contribution in [0.25, 0.3) is 0 Å². The molecule has 0 bridgehead atoms. The lowest BCUT2D eigenvalue weighted by molar-refractivity contribution is 0.244. The van der Waals surface area contributed by atoms with Crippen molar-refractivity contribution in [2.24, 2.45) is 4.99 Å². The number of likely N-dealkylation sites (tertiary alicyclic amines) is 1. The van der Waals surface area contributed by atoms with Crippen molar-refractivity contribution in [1.29, 1.82) is 0 Å². The van der Waals surface area contributed by atoms with Crippen molar-refractivity contribution in [2.45, 2.75) is 45.2 Å². The first-order valence-electron chi connectivity index (χ1n) is 10.6. The molecule has 0 aromatic heterocycles. The fraction of sp³-hybridized carbons (Fsp3) is 0.682. The van der Waals surface area contributed by atoms with E-state index in [4.69, 9.17) is 4.74 Å². The van der Waals surface area contributed by atoms with Gasteiger partial charge in [0.05, 0.1) is 13.2 Å². The summed E-state index contributed by atoms with van der Waals surface area (Å²) in [7, 11) is 5.73. The first kappa shape index (κ1) is 26.0. The summed E-state index contributed by atoms with van der Waals surface area (Å²) in [5.74, 6) is 1.77. The van der Waals surface area contributed by atoms with Gasteiger partial charge in [-0.25, -0.2) is 0 Å². The monoisotopic (exact) mass is 517 g/mol. The Balaban J connectivity index is 0.00000420. The summed E-state index contributed by atoms with van der Waals surface area (Å²) < 4.78 is 5.32. The Morgan fingerprint density at radius 2 is 1.86 bits per heavy atom. The van der Waals surface area contributed by atoms with Crippen LogP contribution in [0.1, 0.15) is 44.7 Å². The number of halogens is 1. The molecule has 1 aromatic carbocycles. The van der Waals surface area contributed by atoms with Crippen molar-refractivity contribution in [1.82, 2.24) is 20.4 Å². The molecular formula is C22H40IN5O. The first-order valence-corrected chi connectivity index (χ1v) is 10.6. The van der Waals surface area contributed by atoms with Gasteiger partial charge in [0.15, 0.2) is 5.96 Å². The molecule has 1 heterocycles. The van der Waals surface area contributed by atoms with Crippen LogP contribution in [0.3, 0.4) is 0 Å². The summed E-state index contributed by atoms with van der Waals surface area (Å²) in [6.45, 7) is 9.54. The van der Waals surface area contributed by atoms with Crippen LogP contribution >= 0.6 is 24.0 Å². The smallest absolute Gasteiger partial charge is 0.191 e. The third-order valence-electron chi connectivity index (χ3n) is 5.87. The quantitative estimate of drug-likeness (QED) is 0.283. The predicted octanol–water partition coefficient (Wildman–Crippen LogP) is 3.35. The average molecular weight is 518 g/mol. The molecule has 2 rings (SSSR count). The van der Waals surface area contributed by atoms with E-state index in [1.54, 1.807) is 7.11 Å². The molecule has 6 nitrogen and oxygen atoms in total. The third kappa shape index (κ3) is 8.30. The summed E-state index contributed by atoms with van der Waals surface area (Å²) in [5.41, 5.74) is 1.32. The highest BCUT2D eigenvalue weighted by Gasteiger charge is 2.23. The predicted molar refractivity (Wildman–Crippen MR) is 134 cm³/mol. The van der Waals surface area contributed by atoms with E-state index >= 15 is 0 Å². The first-order chi connectivity index (χ1) is 13.6. The second-order valence-electron chi connectivity index (χ2n) is 7.65. The number of nitrogens with zero attached hydrogens (tertiary/aromatic N) is 3. The Morgan fingerprint density at radius 3 is 2.41 bits per heavy atom. The number of benzene rings is 1. The minimum absolute atomic E-state index is 0. The fourth-order valence-corrected chi connectivity index (χ4v) is 3.63. The third-order valence-corrected chi connectivity index (χ3v) is 5.87. The zero-order valence-electron chi connectivity index (χ0n) is 18.8. The number of hydrogen-bond acceptors (Lipinski definition) is 4. The Kier molecular flexibility index (Phi) is 12.6. The van der Waals surface area contributed by atoms with Crippen LogP contribution in [-0.2, 0) is 0 Å². The highest BCUT2D eigenvalue weighted by Crippen LogP contribution is 2.26. The molecule has 0 radical (unpaired) electrons. The number of nitrogens with one attached hydrogen (secondary N) is 2. The number of methoxy groups -OCH3 is 1. The second kappa shape index (κ2) is 14.0. The number of aliphatic imine (C=N–C) groups is 1. The van der Waals surface area contributed by atoms with Crippen molar-refractivity contribution in [3.63, 3.8) is 0 Å². The lowest BCUT2D eigenvalue weighted by Gasteiger charge is -2.29. The van der Waals surface area contributed by atoms with Gasteiger partial charge in [0.2, 0.25) is 0 Å². The molecule has 0 saturated carbocycles. The average Bonchev–Trinajstić information content (AvgIpc) is 3.26. The van der Waals surface area contributed by atoms with Crippen LogP contribution in [0.15, 0.2) is 29.3 Å². The second-order valence-corrected chi connectivity index (χ2v) is 7.65. The van der Waals surface area contributed by atoms with E-state index in [9.17, 15) is 0 Å². The number of guanidine groups is 1. The number of ether oxygens (including phenoxy) is 1. The number of rotatable bonds is 10. The van der Waals surface area contributed by atoms with E-state index in [0.29, 0.717) is 12.1 Å². The topological polar surface area (TPSA) is 52.1 Å². The van der Waals surface area contributed by atoms with Gasteiger partial charge in [0.1, 0.15) is 5.75 Å². The van der Waals surface area contributed by atoms with Gasteiger partial charge in [-0.2, -0.15) is 0 Å². The standard InChI is InChI=1S/C22H39N5O.HI/c1-6-18(2)26(4)16-13-24-22(23-3)25-17-21(27-14-7-8-15-27)19-9-11-20(28-5)12-10-19;/h9-12,18,21H,6-8,13-17H2,1-5H3,(H2,23,24,25);1H. The van der Waals surface area contributed by atoms with Gasteiger partial charge in [0.25, 0.3) is 0 Å².